The highest BCUT2D eigenvalue weighted by Gasteiger charge is 2.45. The number of rotatable bonds is 2. The zero-order valence-corrected chi connectivity index (χ0v) is 13.8. The Morgan fingerprint density at radius 1 is 1.32 bits per heavy atom. The minimum atomic E-state index is -1.12. The molecule has 2 N–H and O–H groups in total. The lowest BCUT2D eigenvalue weighted by atomic mass is 10.00. The lowest BCUT2D eigenvalue weighted by molar-refractivity contribution is -0.127. The van der Waals surface area contributed by atoms with Gasteiger partial charge in [-0.25, -0.2) is 9.98 Å². The van der Waals surface area contributed by atoms with E-state index >= 15 is 0 Å². The van der Waals surface area contributed by atoms with Crippen molar-refractivity contribution in [1.29, 1.82) is 0 Å². The summed E-state index contributed by atoms with van der Waals surface area (Å²) in [5, 5.41) is 0. The predicted molar refractivity (Wildman–Crippen MR) is 89.7 cm³/mol. The third-order valence-corrected chi connectivity index (χ3v) is 4.84. The molecule has 7 heteroatoms. The number of likely N-dealkylation sites (N-methyl/N-ethyl adjacent to an activating group) is 1. The van der Waals surface area contributed by atoms with Crippen LogP contribution >= 0.6 is 22.6 Å². The van der Waals surface area contributed by atoms with Gasteiger partial charge in [0.25, 0.3) is 5.91 Å². The van der Waals surface area contributed by atoms with Crippen molar-refractivity contribution >= 4 is 34.5 Å². The van der Waals surface area contributed by atoms with Crippen molar-refractivity contribution in [2.45, 2.75) is 3.55 Å². The molecule has 1 aromatic heterocycles. The molecule has 1 aromatic carbocycles. The van der Waals surface area contributed by atoms with Gasteiger partial charge in [0, 0.05) is 18.8 Å². The number of halogens is 2. The van der Waals surface area contributed by atoms with Gasteiger partial charge in [-0.3, -0.25) is 9.69 Å². The van der Waals surface area contributed by atoms with Crippen molar-refractivity contribution in [2.75, 3.05) is 7.05 Å². The molecule has 1 aliphatic heterocycles. The fourth-order valence-corrected chi connectivity index (χ4v) is 3.23. The Labute approximate surface area is 140 Å². The lowest BCUT2D eigenvalue weighted by Gasteiger charge is -2.19. The second-order valence-corrected chi connectivity index (χ2v) is 6.44. The summed E-state index contributed by atoms with van der Waals surface area (Å²) in [6.07, 6.45) is 1.39. The van der Waals surface area contributed by atoms with E-state index in [0.717, 1.165) is 0 Å². The average molecular weight is 410 g/mol. The van der Waals surface area contributed by atoms with E-state index in [-0.39, 0.29) is 11.9 Å². The van der Waals surface area contributed by atoms with Crippen LogP contribution in [0.4, 0.5) is 4.39 Å². The van der Waals surface area contributed by atoms with Crippen LogP contribution in [0.2, 0.25) is 0 Å². The second kappa shape index (κ2) is 5.31. The van der Waals surface area contributed by atoms with Crippen molar-refractivity contribution < 1.29 is 9.18 Å². The number of nitrogens with two attached hydrogens (primary N) is 1. The van der Waals surface area contributed by atoms with E-state index in [9.17, 15) is 9.18 Å². The van der Waals surface area contributed by atoms with E-state index in [1.165, 1.54) is 11.1 Å². The molecule has 22 heavy (non-hydrogen) atoms. The Morgan fingerprint density at radius 3 is 2.73 bits per heavy atom. The molecule has 1 atom stereocenters. The quantitative estimate of drug-likeness (QED) is 0.358. The second-order valence-electron chi connectivity index (χ2n) is 4.88. The Bertz CT molecular complexity index is 795. The van der Waals surface area contributed by atoms with Gasteiger partial charge in [-0.15, -0.1) is 0 Å². The molecule has 2 heterocycles. The number of hydrogen-bond donors (Lipinski definition) is 1. The van der Waals surface area contributed by atoms with E-state index < -0.39 is 9.49 Å². The Kier molecular flexibility index (Phi) is 3.59. The van der Waals surface area contributed by atoms with Crippen molar-refractivity contribution in [3.63, 3.8) is 0 Å². The number of carbonyl (C=O) groups is 1. The van der Waals surface area contributed by atoms with Gasteiger partial charge >= 0.3 is 0 Å². The van der Waals surface area contributed by atoms with Gasteiger partial charge in [0.1, 0.15) is 0 Å². The third-order valence-electron chi connectivity index (χ3n) is 3.52. The SMILES string of the molecule is CN1C(=O)[C@@](I)(c2cccc(-c3cccnc3F)c2)N=C1N. The Morgan fingerprint density at radius 2 is 2.09 bits per heavy atom. The van der Waals surface area contributed by atoms with Gasteiger partial charge in [-0.1, -0.05) is 18.2 Å². The number of aliphatic imine (C=N–C) groups is 1. The molecule has 0 saturated heterocycles. The van der Waals surface area contributed by atoms with Crippen LogP contribution in [0, 0.1) is 5.95 Å². The first-order valence-electron chi connectivity index (χ1n) is 6.47. The molecule has 0 aliphatic carbocycles. The van der Waals surface area contributed by atoms with E-state index in [1.807, 2.05) is 22.6 Å². The molecule has 5 nitrogen and oxygen atoms in total. The van der Waals surface area contributed by atoms with Crippen molar-refractivity contribution in [1.82, 2.24) is 9.88 Å². The predicted octanol–water partition coefficient (Wildman–Crippen LogP) is 2.26. The number of benzene rings is 1. The van der Waals surface area contributed by atoms with Crippen LogP contribution in [0.25, 0.3) is 11.1 Å². The van der Waals surface area contributed by atoms with Gasteiger partial charge in [0.05, 0.1) is 0 Å². The molecule has 0 radical (unpaired) electrons. The Balaban J connectivity index is 2.10. The first-order valence-corrected chi connectivity index (χ1v) is 7.55. The van der Waals surface area contributed by atoms with Crippen molar-refractivity contribution in [3.8, 4) is 11.1 Å². The summed E-state index contributed by atoms with van der Waals surface area (Å²) in [5.74, 6) is -0.619. The Hall–Kier alpha value is -2.03. The smallest absolute Gasteiger partial charge is 0.271 e. The number of guanidine groups is 1. The molecule has 0 spiro atoms. The summed E-state index contributed by atoms with van der Waals surface area (Å²) in [7, 11) is 1.58. The highest BCUT2D eigenvalue weighted by atomic mass is 127. The fourth-order valence-electron chi connectivity index (χ4n) is 2.29. The lowest BCUT2D eigenvalue weighted by Crippen LogP contribution is -2.37. The van der Waals surface area contributed by atoms with Crippen LogP contribution in [0.15, 0.2) is 47.6 Å². The number of hydrogen-bond acceptors (Lipinski definition) is 4. The molecular formula is C15H12FIN4O. The van der Waals surface area contributed by atoms with E-state index in [0.29, 0.717) is 16.7 Å². The first-order chi connectivity index (χ1) is 10.4. The van der Waals surface area contributed by atoms with E-state index in [4.69, 9.17) is 5.73 Å². The first kappa shape index (κ1) is 14.9. The number of alkyl halides is 1. The molecule has 1 aliphatic rings. The molecule has 0 unspecified atom stereocenters. The maximum atomic E-state index is 13.8. The van der Waals surface area contributed by atoms with Crippen LogP contribution in [0.5, 0.6) is 0 Å². The van der Waals surface area contributed by atoms with E-state index in [1.54, 1.807) is 43.4 Å². The maximum Gasteiger partial charge on any atom is 0.271 e. The number of amides is 1. The summed E-state index contributed by atoms with van der Waals surface area (Å²) in [4.78, 5) is 21.6. The summed E-state index contributed by atoms with van der Waals surface area (Å²) < 4.78 is 12.7. The highest BCUT2D eigenvalue weighted by Crippen LogP contribution is 2.40. The summed E-state index contributed by atoms with van der Waals surface area (Å²) in [6, 6.07) is 10.3. The number of nitrogens with zero attached hydrogens (tertiary/aromatic N) is 3. The number of aromatic nitrogens is 1. The van der Waals surface area contributed by atoms with Gasteiger partial charge in [-0.2, -0.15) is 4.39 Å². The van der Waals surface area contributed by atoms with Gasteiger partial charge < -0.3 is 5.73 Å². The molecule has 3 rings (SSSR count). The molecule has 1 amide bonds. The van der Waals surface area contributed by atoms with Crippen LogP contribution in [0.3, 0.4) is 0 Å². The van der Waals surface area contributed by atoms with Crippen molar-refractivity contribution in [2.24, 2.45) is 10.7 Å². The van der Waals surface area contributed by atoms with Crippen molar-refractivity contribution in [3.05, 3.63) is 54.1 Å². The zero-order chi connectivity index (χ0) is 15.9. The van der Waals surface area contributed by atoms with Crippen LogP contribution in [0.1, 0.15) is 5.56 Å². The van der Waals surface area contributed by atoms with Crippen LogP contribution in [-0.4, -0.2) is 28.8 Å². The van der Waals surface area contributed by atoms with E-state index in [2.05, 4.69) is 9.98 Å². The maximum absolute atomic E-state index is 13.8. The largest absolute Gasteiger partial charge is 0.369 e. The zero-order valence-electron chi connectivity index (χ0n) is 11.6. The number of carbonyl (C=O) groups excluding carboxylic acids is 1. The molecular weight excluding hydrogens is 398 g/mol. The molecule has 0 saturated carbocycles. The minimum Gasteiger partial charge on any atom is -0.369 e. The van der Waals surface area contributed by atoms with Gasteiger partial charge in [-0.05, 0) is 51.9 Å². The topological polar surface area (TPSA) is 71.6 Å². The van der Waals surface area contributed by atoms with Gasteiger partial charge in [0.15, 0.2) is 5.96 Å². The number of pyridine rings is 1. The molecule has 0 fully saturated rings. The fraction of sp³-hybridized carbons (Fsp3) is 0.133. The normalized spacial score (nSPS) is 21.1. The molecule has 0 bridgehead atoms. The standard InChI is InChI=1S/C15H12FIN4O/c1-21-13(22)15(17,20-14(21)18)10-5-2-4-9(8-10)11-6-3-7-19-12(11)16/h2-8H,1H3,(H2,18,20)/t15-/m1/s1. The van der Waals surface area contributed by atoms with Crippen LogP contribution < -0.4 is 5.73 Å². The summed E-state index contributed by atoms with van der Waals surface area (Å²) in [5.41, 5.74) is 7.39. The van der Waals surface area contributed by atoms with Gasteiger partial charge in [0.2, 0.25) is 9.49 Å². The highest BCUT2D eigenvalue weighted by molar-refractivity contribution is 14.1. The summed E-state index contributed by atoms with van der Waals surface area (Å²) in [6.45, 7) is 0. The molecule has 2 aromatic rings. The minimum absolute atomic E-state index is 0.164. The van der Waals surface area contributed by atoms with Crippen LogP contribution in [-0.2, 0) is 8.34 Å². The molecule has 112 valence electrons. The average Bonchev–Trinajstić information content (AvgIpc) is 2.72. The monoisotopic (exact) mass is 410 g/mol. The third kappa shape index (κ3) is 2.25. The summed E-state index contributed by atoms with van der Waals surface area (Å²) >= 11 is 1.96.